The Morgan fingerprint density at radius 3 is 1.98 bits per heavy atom. The first-order valence-corrected chi connectivity index (χ1v) is 15.9. The van der Waals surface area contributed by atoms with Gasteiger partial charge in [-0.05, 0) is 51.9 Å². The summed E-state index contributed by atoms with van der Waals surface area (Å²) >= 11 is 1.84. The van der Waals surface area contributed by atoms with E-state index in [1.54, 1.807) is 0 Å². The summed E-state index contributed by atoms with van der Waals surface area (Å²) < 4.78 is 2.56. The molecule has 3 heterocycles. The van der Waals surface area contributed by atoms with E-state index in [1.165, 1.54) is 30.9 Å². The maximum Gasteiger partial charge on any atom is 0.180 e. The van der Waals surface area contributed by atoms with Crippen molar-refractivity contribution in [3.05, 3.63) is 140 Å². The van der Waals surface area contributed by atoms with Crippen LogP contribution in [0, 0.1) is 0 Å². The Hall–Kier alpha value is -5.71. The molecule has 45 heavy (non-hydrogen) atoms. The normalized spacial score (nSPS) is 12.0. The van der Waals surface area contributed by atoms with Crippen molar-refractivity contribution in [2.24, 2.45) is 0 Å². The van der Waals surface area contributed by atoms with E-state index in [2.05, 4.69) is 140 Å². The van der Waals surface area contributed by atoms with Gasteiger partial charge in [-0.1, -0.05) is 109 Å². The first-order valence-electron chi connectivity index (χ1n) is 15.1. The smallest absolute Gasteiger partial charge is 0.180 e. The fraction of sp³-hybridized carbons (Fsp3) is 0. The van der Waals surface area contributed by atoms with Crippen LogP contribution in [0.5, 0.6) is 0 Å². The minimum atomic E-state index is 0.635. The van der Waals surface area contributed by atoms with Gasteiger partial charge < -0.3 is 0 Å². The fourth-order valence-electron chi connectivity index (χ4n) is 6.87. The van der Waals surface area contributed by atoms with Crippen molar-refractivity contribution in [2.75, 3.05) is 0 Å². The average Bonchev–Trinajstić information content (AvgIpc) is 3.47. The molecule has 10 aromatic rings. The van der Waals surface area contributed by atoms with Gasteiger partial charge in [-0.15, -0.1) is 11.3 Å². The second kappa shape index (κ2) is 9.39. The Balaban J connectivity index is 1.32. The van der Waals surface area contributed by atoms with Crippen molar-refractivity contribution in [2.45, 2.75) is 0 Å². The Kier molecular flexibility index (Phi) is 5.16. The van der Waals surface area contributed by atoms with Crippen LogP contribution in [0.15, 0.2) is 140 Å². The molecule has 0 saturated heterocycles. The van der Waals surface area contributed by atoms with E-state index in [4.69, 9.17) is 15.0 Å². The molecule has 0 radical (unpaired) electrons. The topological polar surface area (TPSA) is 38.7 Å². The summed E-state index contributed by atoms with van der Waals surface area (Å²) in [7, 11) is 0. The van der Waals surface area contributed by atoms with E-state index in [1.807, 2.05) is 11.3 Å². The van der Waals surface area contributed by atoms with Gasteiger partial charge in [0, 0.05) is 47.3 Å². The molecular weight excluding hydrogens is 567 g/mol. The highest BCUT2D eigenvalue weighted by atomic mass is 32.1. The van der Waals surface area contributed by atoms with Crippen LogP contribution >= 0.6 is 11.3 Å². The lowest BCUT2D eigenvalue weighted by molar-refractivity contribution is 1.21. The molecular formula is C41H23N3S. The average molecular weight is 590 g/mol. The van der Waals surface area contributed by atoms with Gasteiger partial charge in [0.05, 0.1) is 16.7 Å². The van der Waals surface area contributed by atoms with Crippen molar-refractivity contribution in [1.29, 1.82) is 0 Å². The van der Waals surface area contributed by atoms with Crippen LogP contribution in [-0.2, 0) is 0 Å². The number of rotatable bonds is 2. The predicted molar refractivity (Wildman–Crippen MR) is 191 cm³/mol. The molecule has 3 nitrogen and oxygen atoms in total. The molecule has 0 fully saturated rings. The Bertz CT molecular complexity index is 2830. The van der Waals surface area contributed by atoms with Crippen LogP contribution in [0.2, 0.25) is 0 Å². The van der Waals surface area contributed by atoms with Gasteiger partial charge in [0.1, 0.15) is 5.69 Å². The van der Waals surface area contributed by atoms with Crippen molar-refractivity contribution in [3.8, 4) is 22.8 Å². The standard InChI is InChI=1S/C41H23N3S/c1-2-11-26-21-27(18-17-24(26)9-1)38-32-20-19-25-10-3-4-12-28(25)39(32)44-41(43-38)40-31-15-6-5-13-29(31)33-23-37-34(22-35(33)42-40)30-14-7-8-16-36(30)45-37/h1-23H. The van der Waals surface area contributed by atoms with Crippen LogP contribution in [-0.4, -0.2) is 15.0 Å². The third-order valence-corrected chi connectivity index (χ3v) is 10.2. The lowest BCUT2D eigenvalue weighted by Crippen LogP contribution is -1.99. The van der Waals surface area contributed by atoms with Gasteiger partial charge in [-0.25, -0.2) is 15.0 Å². The summed E-state index contributed by atoms with van der Waals surface area (Å²) in [4.78, 5) is 16.0. The summed E-state index contributed by atoms with van der Waals surface area (Å²) in [5.74, 6) is 0.635. The van der Waals surface area contributed by atoms with Gasteiger partial charge in [-0.3, -0.25) is 0 Å². The first kappa shape index (κ1) is 24.7. The van der Waals surface area contributed by atoms with Gasteiger partial charge in [0.2, 0.25) is 0 Å². The summed E-state index contributed by atoms with van der Waals surface area (Å²) in [6.45, 7) is 0. The monoisotopic (exact) mass is 589 g/mol. The molecule has 0 atom stereocenters. The van der Waals surface area contributed by atoms with Crippen molar-refractivity contribution in [1.82, 2.24) is 15.0 Å². The molecule has 3 aromatic heterocycles. The molecule has 0 saturated carbocycles. The second-order valence-electron chi connectivity index (χ2n) is 11.6. The number of hydrogen-bond acceptors (Lipinski definition) is 4. The lowest BCUT2D eigenvalue weighted by Gasteiger charge is -2.14. The number of fused-ring (bicyclic) bond motifs is 10. The molecule has 7 aromatic carbocycles. The van der Waals surface area contributed by atoms with E-state index < -0.39 is 0 Å². The molecule has 0 amide bonds. The Morgan fingerprint density at radius 2 is 1.09 bits per heavy atom. The molecule has 0 bridgehead atoms. The van der Waals surface area contributed by atoms with Crippen LogP contribution in [0.25, 0.3) is 97.1 Å². The van der Waals surface area contributed by atoms with Crippen LogP contribution < -0.4 is 0 Å². The van der Waals surface area contributed by atoms with Crippen molar-refractivity contribution in [3.63, 3.8) is 0 Å². The molecule has 4 heteroatoms. The quantitative estimate of drug-likeness (QED) is 0.188. The highest BCUT2D eigenvalue weighted by Crippen LogP contribution is 2.40. The third-order valence-electron chi connectivity index (χ3n) is 9.03. The minimum absolute atomic E-state index is 0.635. The zero-order chi connectivity index (χ0) is 29.5. The van der Waals surface area contributed by atoms with Crippen LogP contribution in [0.1, 0.15) is 0 Å². The molecule has 208 valence electrons. The number of aromatic nitrogens is 3. The summed E-state index contributed by atoms with van der Waals surface area (Å²) in [6.07, 6.45) is 0. The van der Waals surface area contributed by atoms with Gasteiger partial charge >= 0.3 is 0 Å². The maximum atomic E-state index is 5.36. The van der Waals surface area contributed by atoms with Gasteiger partial charge in [0.25, 0.3) is 0 Å². The Morgan fingerprint density at radius 1 is 0.378 bits per heavy atom. The highest BCUT2D eigenvalue weighted by molar-refractivity contribution is 7.25. The van der Waals surface area contributed by atoms with E-state index in [0.717, 1.165) is 60.3 Å². The van der Waals surface area contributed by atoms with Crippen LogP contribution in [0.3, 0.4) is 0 Å². The molecule has 0 aliphatic heterocycles. The molecule has 0 N–H and O–H groups in total. The van der Waals surface area contributed by atoms with Crippen molar-refractivity contribution < 1.29 is 0 Å². The summed E-state index contributed by atoms with van der Waals surface area (Å²) in [5.41, 5.74) is 4.67. The summed E-state index contributed by atoms with van der Waals surface area (Å²) in [6, 6.07) is 49.6. The SMILES string of the molecule is c1ccc2cc(-c3nc(-c4nc5cc6c(cc5c5ccccc45)sc4ccccc46)nc4c3ccc3ccccc34)ccc2c1. The first-order chi connectivity index (χ1) is 22.3. The zero-order valence-electron chi connectivity index (χ0n) is 24.0. The van der Waals surface area contributed by atoms with Gasteiger partial charge in [0.15, 0.2) is 5.82 Å². The molecule has 0 aliphatic carbocycles. The number of thiophene rings is 1. The van der Waals surface area contributed by atoms with E-state index in [-0.39, 0.29) is 0 Å². The third kappa shape index (κ3) is 3.73. The lowest BCUT2D eigenvalue weighted by atomic mass is 9.99. The van der Waals surface area contributed by atoms with Crippen LogP contribution in [0.4, 0.5) is 0 Å². The molecule has 0 spiro atoms. The molecule has 0 unspecified atom stereocenters. The maximum absolute atomic E-state index is 5.36. The largest absolute Gasteiger partial charge is 0.244 e. The number of benzene rings is 7. The summed E-state index contributed by atoms with van der Waals surface area (Å²) in [5, 5.41) is 11.5. The van der Waals surface area contributed by atoms with E-state index >= 15 is 0 Å². The predicted octanol–water partition coefficient (Wildman–Crippen LogP) is 11.3. The van der Waals surface area contributed by atoms with E-state index in [0.29, 0.717) is 5.82 Å². The fourth-order valence-corrected chi connectivity index (χ4v) is 8.00. The number of nitrogens with zero attached hydrogens (tertiary/aromatic N) is 3. The zero-order valence-corrected chi connectivity index (χ0v) is 24.8. The number of hydrogen-bond donors (Lipinski definition) is 0. The number of pyridine rings is 1. The second-order valence-corrected chi connectivity index (χ2v) is 12.7. The molecule has 10 rings (SSSR count). The minimum Gasteiger partial charge on any atom is -0.244 e. The van der Waals surface area contributed by atoms with E-state index in [9.17, 15) is 0 Å². The van der Waals surface area contributed by atoms with Gasteiger partial charge in [-0.2, -0.15) is 0 Å². The highest BCUT2D eigenvalue weighted by Gasteiger charge is 2.19. The Labute approximate surface area is 262 Å². The molecule has 0 aliphatic rings. The van der Waals surface area contributed by atoms with Crippen molar-refractivity contribution >= 4 is 85.6 Å².